The van der Waals surface area contributed by atoms with Crippen LogP contribution in [0.5, 0.6) is 0 Å². The minimum absolute atomic E-state index is 0.189. The van der Waals surface area contributed by atoms with Gasteiger partial charge in [0.1, 0.15) is 10.8 Å². The third-order valence-electron chi connectivity index (χ3n) is 4.73. The van der Waals surface area contributed by atoms with Gasteiger partial charge in [-0.2, -0.15) is 5.10 Å². The molecule has 1 unspecified atom stereocenters. The maximum absolute atomic E-state index is 12.6. The normalized spacial score (nSPS) is 17.2. The maximum Gasteiger partial charge on any atom is 0.321 e. The molecule has 3 rings (SSSR count). The van der Waals surface area contributed by atoms with E-state index >= 15 is 0 Å². The van der Waals surface area contributed by atoms with Crippen molar-refractivity contribution < 1.29 is 4.79 Å². The van der Waals surface area contributed by atoms with E-state index in [1.807, 2.05) is 23.1 Å². The maximum atomic E-state index is 12.6. The standard InChI is InChI=1S/C18H27N5OS/c1-12(2)10-14(4)23-15(6-9-19-23)21-17(24)22-18(7-5-8-18)16-20-13(3)11-25-16/h6,9,11-12,14H,5,7-8,10H2,1-4H3,(H2,21,22,24). The number of aromatic nitrogens is 3. The van der Waals surface area contributed by atoms with Crippen LogP contribution in [0.1, 0.15) is 63.2 Å². The lowest BCUT2D eigenvalue weighted by atomic mass is 9.77. The number of rotatable bonds is 6. The van der Waals surface area contributed by atoms with Crippen LogP contribution in [0.15, 0.2) is 17.6 Å². The Morgan fingerprint density at radius 3 is 2.72 bits per heavy atom. The van der Waals surface area contributed by atoms with Gasteiger partial charge < -0.3 is 5.32 Å². The highest BCUT2D eigenvalue weighted by Crippen LogP contribution is 2.42. The summed E-state index contributed by atoms with van der Waals surface area (Å²) < 4.78 is 1.89. The number of hydrogen-bond donors (Lipinski definition) is 2. The number of carbonyl (C=O) groups excluding carboxylic acids is 1. The molecule has 0 aromatic carbocycles. The Morgan fingerprint density at radius 2 is 2.16 bits per heavy atom. The monoisotopic (exact) mass is 361 g/mol. The summed E-state index contributed by atoms with van der Waals surface area (Å²) in [5, 5.41) is 13.6. The molecular formula is C18H27N5OS. The summed E-state index contributed by atoms with van der Waals surface area (Å²) in [6.45, 7) is 8.50. The SMILES string of the molecule is Cc1csc(C2(NC(=O)Nc3ccnn3C(C)CC(C)C)CCC2)n1. The number of nitrogens with one attached hydrogen (secondary N) is 2. The van der Waals surface area contributed by atoms with Gasteiger partial charge in [0, 0.05) is 17.1 Å². The van der Waals surface area contributed by atoms with Crippen LogP contribution in [0.2, 0.25) is 0 Å². The van der Waals surface area contributed by atoms with E-state index < -0.39 is 0 Å². The molecule has 0 spiro atoms. The van der Waals surface area contributed by atoms with Crippen molar-refractivity contribution >= 4 is 23.2 Å². The zero-order valence-electron chi connectivity index (χ0n) is 15.4. The molecular weight excluding hydrogens is 334 g/mol. The fourth-order valence-electron chi connectivity index (χ4n) is 3.41. The minimum Gasteiger partial charge on any atom is -0.326 e. The number of nitrogens with zero attached hydrogens (tertiary/aromatic N) is 3. The van der Waals surface area contributed by atoms with Crippen molar-refractivity contribution in [3.05, 3.63) is 28.3 Å². The van der Waals surface area contributed by atoms with E-state index in [0.717, 1.165) is 42.2 Å². The zero-order chi connectivity index (χ0) is 18.0. The highest BCUT2D eigenvalue weighted by molar-refractivity contribution is 7.09. The van der Waals surface area contributed by atoms with Crippen molar-refractivity contribution in [3.63, 3.8) is 0 Å². The fourth-order valence-corrected chi connectivity index (χ4v) is 4.42. The lowest BCUT2D eigenvalue weighted by molar-refractivity contribution is 0.184. The summed E-state index contributed by atoms with van der Waals surface area (Å²) in [7, 11) is 0. The van der Waals surface area contributed by atoms with E-state index in [0.29, 0.717) is 5.92 Å². The quantitative estimate of drug-likeness (QED) is 0.798. The number of urea groups is 1. The van der Waals surface area contributed by atoms with E-state index in [9.17, 15) is 4.79 Å². The van der Waals surface area contributed by atoms with Gasteiger partial charge in [-0.15, -0.1) is 11.3 Å². The van der Waals surface area contributed by atoms with Crippen molar-refractivity contribution in [2.75, 3.05) is 5.32 Å². The van der Waals surface area contributed by atoms with Gasteiger partial charge in [0.15, 0.2) is 0 Å². The van der Waals surface area contributed by atoms with Crippen molar-refractivity contribution in [3.8, 4) is 0 Å². The molecule has 0 saturated heterocycles. The average Bonchev–Trinajstić information content (AvgIpc) is 3.11. The molecule has 1 fully saturated rings. The predicted octanol–water partition coefficient (Wildman–Crippen LogP) is 4.46. The smallest absolute Gasteiger partial charge is 0.321 e. The molecule has 2 aromatic rings. The van der Waals surface area contributed by atoms with E-state index in [1.165, 1.54) is 0 Å². The highest BCUT2D eigenvalue weighted by Gasteiger charge is 2.42. The van der Waals surface area contributed by atoms with Crippen LogP contribution in [0.25, 0.3) is 0 Å². The van der Waals surface area contributed by atoms with Gasteiger partial charge in [0.05, 0.1) is 17.8 Å². The summed E-state index contributed by atoms with van der Waals surface area (Å²) in [6, 6.07) is 1.90. The van der Waals surface area contributed by atoms with Gasteiger partial charge >= 0.3 is 6.03 Å². The van der Waals surface area contributed by atoms with Crippen molar-refractivity contribution in [1.29, 1.82) is 0 Å². The van der Waals surface area contributed by atoms with Crippen molar-refractivity contribution in [2.45, 2.75) is 65.0 Å². The van der Waals surface area contributed by atoms with Crippen LogP contribution in [0, 0.1) is 12.8 Å². The summed E-state index contributed by atoms with van der Waals surface area (Å²) in [5.74, 6) is 1.31. The Bertz CT molecular complexity index is 731. The molecule has 1 aliphatic carbocycles. The molecule has 0 radical (unpaired) electrons. The van der Waals surface area contributed by atoms with Gasteiger partial charge in [-0.1, -0.05) is 13.8 Å². The Hall–Kier alpha value is -1.89. The van der Waals surface area contributed by atoms with E-state index in [-0.39, 0.29) is 17.6 Å². The lowest BCUT2D eigenvalue weighted by Crippen LogP contribution is -2.52. The van der Waals surface area contributed by atoms with Crippen molar-refractivity contribution in [1.82, 2.24) is 20.1 Å². The second-order valence-electron chi connectivity index (χ2n) is 7.45. The van der Waals surface area contributed by atoms with Gasteiger partial charge in [0.2, 0.25) is 0 Å². The molecule has 0 bridgehead atoms. The second kappa shape index (κ2) is 7.15. The number of carbonyl (C=O) groups is 1. The fraction of sp³-hybridized carbons (Fsp3) is 0.611. The summed E-state index contributed by atoms with van der Waals surface area (Å²) in [6.07, 6.45) is 5.74. The molecule has 1 atom stereocenters. The van der Waals surface area contributed by atoms with E-state index in [4.69, 9.17) is 0 Å². The van der Waals surface area contributed by atoms with Crippen LogP contribution >= 0.6 is 11.3 Å². The Labute approximate surface area is 153 Å². The molecule has 2 N–H and O–H groups in total. The third-order valence-corrected chi connectivity index (χ3v) is 5.89. The van der Waals surface area contributed by atoms with Gasteiger partial charge in [-0.05, 0) is 45.4 Å². The summed E-state index contributed by atoms with van der Waals surface area (Å²) in [4.78, 5) is 17.2. The number of amides is 2. The first-order valence-corrected chi connectivity index (χ1v) is 9.83. The Balaban J connectivity index is 1.68. The molecule has 7 heteroatoms. The summed E-state index contributed by atoms with van der Waals surface area (Å²) >= 11 is 1.63. The Kier molecular flexibility index (Phi) is 5.13. The van der Waals surface area contributed by atoms with Gasteiger partial charge in [-0.25, -0.2) is 14.5 Å². The number of hydrogen-bond acceptors (Lipinski definition) is 4. The second-order valence-corrected chi connectivity index (χ2v) is 8.31. The highest BCUT2D eigenvalue weighted by atomic mass is 32.1. The number of anilines is 1. The molecule has 0 aliphatic heterocycles. The molecule has 136 valence electrons. The average molecular weight is 362 g/mol. The summed E-state index contributed by atoms with van der Waals surface area (Å²) in [5.41, 5.74) is 0.700. The molecule has 2 amide bonds. The first-order valence-electron chi connectivity index (χ1n) is 8.95. The largest absolute Gasteiger partial charge is 0.326 e. The Morgan fingerprint density at radius 1 is 1.40 bits per heavy atom. The van der Waals surface area contributed by atoms with Crippen molar-refractivity contribution in [2.24, 2.45) is 5.92 Å². The van der Waals surface area contributed by atoms with Crippen LogP contribution in [-0.2, 0) is 5.54 Å². The molecule has 1 aliphatic rings. The van der Waals surface area contributed by atoms with Crippen LogP contribution in [0.4, 0.5) is 10.6 Å². The lowest BCUT2D eigenvalue weighted by Gasteiger charge is -2.40. The van der Waals surface area contributed by atoms with E-state index in [1.54, 1.807) is 17.5 Å². The topological polar surface area (TPSA) is 71.8 Å². The zero-order valence-corrected chi connectivity index (χ0v) is 16.2. The first kappa shape index (κ1) is 17.9. The third kappa shape index (κ3) is 3.86. The molecule has 6 nitrogen and oxygen atoms in total. The van der Waals surface area contributed by atoms with Gasteiger partial charge in [-0.3, -0.25) is 5.32 Å². The molecule has 2 heterocycles. The van der Waals surface area contributed by atoms with Crippen LogP contribution in [0.3, 0.4) is 0 Å². The predicted molar refractivity (Wildman–Crippen MR) is 101 cm³/mol. The van der Waals surface area contributed by atoms with E-state index in [2.05, 4.69) is 41.5 Å². The molecule has 2 aromatic heterocycles. The minimum atomic E-state index is -0.308. The van der Waals surface area contributed by atoms with Gasteiger partial charge in [0.25, 0.3) is 0 Å². The molecule has 25 heavy (non-hydrogen) atoms. The first-order chi connectivity index (χ1) is 11.9. The molecule has 1 saturated carbocycles. The number of thiazole rings is 1. The number of aryl methyl sites for hydroxylation is 1. The van der Waals surface area contributed by atoms with Crippen LogP contribution in [-0.4, -0.2) is 20.8 Å². The van der Waals surface area contributed by atoms with Crippen LogP contribution < -0.4 is 10.6 Å².